The number of esters is 1. The van der Waals surface area contributed by atoms with Crippen molar-refractivity contribution in [3.05, 3.63) is 69.2 Å². The Kier molecular flexibility index (Phi) is 5.77. The second-order valence-electron chi connectivity index (χ2n) is 7.50. The number of thiophene rings is 1. The average molecular weight is 426 g/mol. The molecule has 0 saturated carbocycles. The number of ether oxygens (including phenoxy) is 2. The molecule has 30 heavy (non-hydrogen) atoms. The van der Waals surface area contributed by atoms with E-state index in [0.717, 1.165) is 27.4 Å². The first kappa shape index (κ1) is 20.4. The van der Waals surface area contributed by atoms with E-state index in [2.05, 4.69) is 5.32 Å². The summed E-state index contributed by atoms with van der Waals surface area (Å²) in [6, 6.07) is 13.4. The van der Waals surface area contributed by atoms with Gasteiger partial charge in [-0.15, -0.1) is 11.3 Å². The Bertz CT molecular complexity index is 1090. The minimum absolute atomic E-state index is 0.00735. The molecule has 0 spiro atoms. The summed E-state index contributed by atoms with van der Waals surface area (Å²) in [5, 5.41) is 3.29. The summed E-state index contributed by atoms with van der Waals surface area (Å²) in [6.07, 6.45) is 0.301. The second kappa shape index (κ2) is 8.48. The van der Waals surface area contributed by atoms with Crippen molar-refractivity contribution in [2.75, 3.05) is 19.0 Å². The number of hydrogen-bond donors (Lipinski definition) is 1. The third kappa shape index (κ3) is 4.05. The van der Waals surface area contributed by atoms with Crippen molar-refractivity contribution in [2.24, 2.45) is 0 Å². The van der Waals surface area contributed by atoms with Crippen molar-refractivity contribution >= 4 is 23.0 Å². The van der Waals surface area contributed by atoms with Crippen LogP contribution in [0.3, 0.4) is 0 Å². The minimum atomic E-state index is -0.245. The number of halogens is 1. The van der Waals surface area contributed by atoms with Crippen LogP contribution in [-0.2, 0) is 16.1 Å². The van der Waals surface area contributed by atoms with Crippen molar-refractivity contribution in [1.82, 2.24) is 0 Å². The van der Waals surface area contributed by atoms with Crippen molar-refractivity contribution in [3.8, 4) is 16.9 Å². The third-order valence-electron chi connectivity index (χ3n) is 5.43. The van der Waals surface area contributed by atoms with Gasteiger partial charge in [-0.05, 0) is 31.5 Å². The molecule has 3 aromatic rings. The van der Waals surface area contributed by atoms with Crippen molar-refractivity contribution in [2.45, 2.75) is 32.7 Å². The van der Waals surface area contributed by atoms with Gasteiger partial charge in [-0.25, -0.2) is 4.39 Å². The number of carbonyl (C=O) groups excluding carboxylic acids is 1. The molecule has 0 aliphatic carbocycles. The molecule has 156 valence electrons. The van der Waals surface area contributed by atoms with Crippen LogP contribution in [0.5, 0.6) is 5.75 Å². The average Bonchev–Trinajstić information content (AvgIpc) is 3.28. The van der Waals surface area contributed by atoms with E-state index < -0.39 is 0 Å². The van der Waals surface area contributed by atoms with Crippen LogP contribution in [0.4, 0.5) is 10.1 Å². The Morgan fingerprint density at radius 3 is 2.80 bits per heavy atom. The summed E-state index contributed by atoms with van der Waals surface area (Å²) in [4.78, 5) is 13.9. The van der Waals surface area contributed by atoms with Gasteiger partial charge in [0.05, 0.1) is 20.1 Å². The Labute approximate surface area is 179 Å². The standard InChI is InChI=1S/C24H24FNO3S/c1-14-9-21(15(2)30-14)20-6-4-5-16(24(20)25)12-26-18-7-8-19-17(10-23(27)28-3)13-29-22(19)11-18/h4-9,11,17,26H,10,12-13H2,1-3H3/t17-/m1/s1. The Morgan fingerprint density at radius 2 is 2.07 bits per heavy atom. The maximum atomic E-state index is 15.2. The molecular weight excluding hydrogens is 401 g/mol. The summed E-state index contributed by atoms with van der Waals surface area (Å²) in [6.45, 7) is 4.89. The van der Waals surface area contributed by atoms with Gasteiger partial charge in [-0.1, -0.05) is 24.3 Å². The zero-order chi connectivity index (χ0) is 21.3. The SMILES string of the molecule is COC(=O)C[C@@H]1COc2cc(NCc3cccc(-c4cc(C)sc4C)c3F)ccc21. The fourth-order valence-electron chi connectivity index (χ4n) is 3.86. The molecular formula is C24H24FNO3S. The van der Waals surface area contributed by atoms with Gasteiger partial charge < -0.3 is 14.8 Å². The highest BCUT2D eigenvalue weighted by molar-refractivity contribution is 7.12. The fraction of sp³-hybridized carbons (Fsp3) is 0.292. The summed E-state index contributed by atoms with van der Waals surface area (Å²) in [5.41, 5.74) is 4.06. The van der Waals surface area contributed by atoms with E-state index in [4.69, 9.17) is 9.47 Å². The lowest BCUT2D eigenvalue weighted by molar-refractivity contribution is -0.141. The van der Waals surface area contributed by atoms with E-state index in [9.17, 15) is 4.79 Å². The smallest absolute Gasteiger partial charge is 0.306 e. The summed E-state index contributed by atoms with van der Waals surface area (Å²) in [5.74, 6) is 0.326. The molecule has 0 radical (unpaired) electrons. The molecule has 0 saturated heterocycles. The first-order valence-electron chi connectivity index (χ1n) is 9.88. The van der Waals surface area contributed by atoms with Gasteiger partial charge in [0.25, 0.3) is 0 Å². The normalized spacial score (nSPS) is 14.9. The molecule has 4 rings (SSSR count). The molecule has 0 amide bonds. The lowest BCUT2D eigenvalue weighted by Crippen LogP contribution is -2.09. The molecule has 6 heteroatoms. The Hall–Kier alpha value is -2.86. The fourth-order valence-corrected chi connectivity index (χ4v) is 4.80. The monoisotopic (exact) mass is 425 g/mol. The number of anilines is 1. The number of hydrogen-bond acceptors (Lipinski definition) is 5. The number of methoxy groups -OCH3 is 1. The number of benzene rings is 2. The van der Waals surface area contributed by atoms with Gasteiger partial charge in [0.15, 0.2) is 0 Å². The number of nitrogens with one attached hydrogen (secondary N) is 1. The van der Waals surface area contributed by atoms with Crippen LogP contribution in [0, 0.1) is 19.7 Å². The maximum Gasteiger partial charge on any atom is 0.306 e. The highest BCUT2D eigenvalue weighted by atomic mass is 32.1. The van der Waals surface area contributed by atoms with E-state index in [1.54, 1.807) is 17.4 Å². The zero-order valence-corrected chi connectivity index (χ0v) is 18.1. The topological polar surface area (TPSA) is 47.6 Å². The third-order valence-corrected chi connectivity index (χ3v) is 6.39. The van der Waals surface area contributed by atoms with Crippen molar-refractivity contribution in [1.29, 1.82) is 0 Å². The molecule has 1 N–H and O–H groups in total. The van der Waals surface area contributed by atoms with Gasteiger partial charge in [-0.2, -0.15) is 0 Å². The van der Waals surface area contributed by atoms with Gasteiger partial charge in [0.1, 0.15) is 11.6 Å². The van der Waals surface area contributed by atoms with Crippen LogP contribution in [0.2, 0.25) is 0 Å². The van der Waals surface area contributed by atoms with E-state index in [1.165, 1.54) is 12.0 Å². The highest BCUT2D eigenvalue weighted by Crippen LogP contribution is 2.38. The van der Waals surface area contributed by atoms with E-state index in [1.807, 2.05) is 50.2 Å². The predicted octanol–water partition coefficient (Wildman–Crippen LogP) is 5.82. The lowest BCUT2D eigenvalue weighted by atomic mass is 9.97. The molecule has 1 aliphatic rings. The van der Waals surface area contributed by atoms with Crippen molar-refractivity contribution < 1.29 is 18.7 Å². The predicted molar refractivity (Wildman–Crippen MR) is 118 cm³/mol. The van der Waals surface area contributed by atoms with Crippen LogP contribution in [-0.4, -0.2) is 19.7 Å². The quantitative estimate of drug-likeness (QED) is 0.506. The molecule has 2 heterocycles. The molecule has 1 aliphatic heterocycles. The summed E-state index contributed by atoms with van der Waals surface area (Å²) >= 11 is 1.68. The van der Waals surface area contributed by atoms with E-state index in [-0.39, 0.29) is 17.7 Å². The number of carbonyl (C=O) groups is 1. The van der Waals surface area contributed by atoms with Crippen LogP contribution < -0.4 is 10.1 Å². The number of aryl methyl sites for hydroxylation is 2. The Balaban J connectivity index is 1.49. The first-order chi connectivity index (χ1) is 14.5. The van der Waals surface area contributed by atoms with Crippen LogP contribution in [0.15, 0.2) is 42.5 Å². The largest absolute Gasteiger partial charge is 0.493 e. The summed E-state index contributed by atoms with van der Waals surface area (Å²) < 4.78 is 25.7. The molecule has 0 bridgehead atoms. The molecule has 1 aromatic heterocycles. The lowest BCUT2D eigenvalue weighted by Gasteiger charge is -2.12. The zero-order valence-electron chi connectivity index (χ0n) is 17.3. The number of fused-ring (bicyclic) bond motifs is 1. The molecule has 2 aromatic carbocycles. The van der Waals surface area contributed by atoms with E-state index >= 15 is 4.39 Å². The minimum Gasteiger partial charge on any atom is -0.493 e. The molecule has 1 atom stereocenters. The number of rotatable bonds is 6. The summed E-state index contributed by atoms with van der Waals surface area (Å²) in [7, 11) is 1.39. The first-order valence-corrected chi connectivity index (χ1v) is 10.7. The van der Waals surface area contributed by atoms with E-state index in [0.29, 0.717) is 30.7 Å². The van der Waals surface area contributed by atoms with Gasteiger partial charge in [0, 0.05) is 50.7 Å². The van der Waals surface area contributed by atoms with Crippen LogP contribution in [0.1, 0.15) is 33.2 Å². The highest BCUT2D eigenvalue weighted by Gasteiger charge is 2.27. The Morgan fingerprint density at radius 1 is 1.23 bits per heavy atom. The molecule has 0 fully saturated rings. The second-order valence-corrected chi connectivity index (χ2v) is 8.96. The van der Waals surface area contributed by atoms with Crippen molar-refractivity contribution in [3.63, 3.8) is 0 Å². The van der Waals surface area contributed by atoms with Crippen LogP contribution in [0.25, 0.3) is 11.1 Å². The van der Waals surface area contributed by atoms with Gasteiger partial charge >= 0.3 is 5.97 Å². The molecule has 0 unspecified atom stereocenters. The molecule has 4 nitrogen and oxygen atoms in total. The van der Waals surface area contributed by atoms with Gasteiger partial charge in [0.2, 0.25) is 0 Å². The van der Waals surface area contributed by atoms with Crippen LogP contribution >= 0.6 is 11.3 Å². The van der Waals surface area contributed by atoms with Gasteiger partial charge in [-0.3, -0.25) is 4.79 Å². The maximum absolute atomic E-state index is 15.2.